The lowest BCUT2D eigenvalue weighted by Gasteiger charge is -2.06. The van der Waals surface area contributed by atoms with Gasteiger partial charge in [-0.1, -0.05) is 36.4 Å². The summed E-state index contributed by atoms with van der Waals surface area (Å²) >= 11 is 1.38. The molecule has 104 valence electrons. The topological polar surface area (TPSA) is 52.0 Å². The average molecular weight is 296 g/mol. The molecule has 4 nitrogen and oxygen atoms in total. The second-order valence-corrected chi connectivity index (χ2v) is 5.49. The van der Waals surface area contributed by atoms with Crippen LogP contribution in [0.25, 0.3) is 0 Å². The zero-order valence-electron chi connectivity index (χ0n) is 11.1. The number of carbonyl (C=O) groups excluding carboxylic acids is 1. The lowest BCUT2D eigenvalue weighted by molar-refractivity contribution is 0.104. The predicted octanol–water partition coefficient (Wildman–Crippen LogP) is 2.58. The first-order valence-electron chi connectivity index (χ1n) is 6.42. The van der Waals surface area contributed by atoms with Crippen molar-refractivity contribution in [2.75, 3.05) is 0 Å². The fraction of sp³-hybridized carbons (Fsp3) is 0.0625. The number of hydrogen-bond acceptors (Lipinski definition) is 4. The van der Waals surface area contributed by atoms with Crippen LogP contribution in [-0.2, 0) is 6.54 Å². The lowest BCUT2D eigenvalue weighted by atomic mass is 10.2. The quantitative estimate of drug-likeness (QED) is 0.695. The number of aromatic nitrogens is 2. The molecule has 0 aliphatic rings. The summed E-state index contributed by atoms with van der Waals surface area (Å²) in [5.74, 6) is -0.112. The molecule has 0 aliphatic heterocycles. The van der Waals surface area contributed by atoms with Gasteiger partial charge in [0.2, 0.25) is 5.78 Å². The van der Waals surface area contributed by atoms with Crippen molar-refractivity contribution in [3.63, 3.8) is 0 Å². The Kier molecular flexibility index (Phi) is 3.75. The number of carbonyl (C=O) groups is 1. The molecule has 0 saturated heterocycles. The van der Waals surface area contributed by atoms with Crippen LogP contribution in [0.3, 0.4) is 0 Å². The van der Waals surface area contributed by atoms with Crippen LogP contribution in [-0.4, -0.2) is 15.3 Å². The molecule has 0 atom stereocenters. The number of thiophene rings is 1. The molecule has 0 bridgehead atoms. The third kappa shape index (κ3) is 2.98. The molecule has 0 aliphatic carbocycles. The first kappa shape index (κ1) is 13.5. The van der Waals surface area contributed by atoms with Gasteiger partial charge < -0.3 is 0 Å². The van der Waals surface area contributed by atoms with Crippen molar-refractivity contribution in [2.24, 2.45) is 0 Å². The molecule has 0 N–H and O–H groups in total. The van der Waals surface area contributed by atoms with Gasteiger partial charge in [-0.15, -0.1) is 11.3 Å². The maximum absolute atomic E-state index is 12.3. The zero-order valence-corrected chi connectivity index (χ0v) is 11.9. The molecule has 1 aromatic carbocycles. The molecule has 21 heavy (non-hydrogen) atoms. The highest BCUT2D eigenvalue weighted by Gasteiger charge is 2.12. The molecule has 3 rings (SSSR count). The van der Waals surface area contributed by atoms with Gasteiger partial charge in [0.15, 0.2) is 0 Å². The smallest absolute Gasteiger partial charge is 0.294 e. The molecule has 5 heteroatoms. The Labute approximate surface area is 125 Å². The van der Waals surface area contributed by atoms with Gasteiger partial charge >= 0.3 is 5.69 Å². The monoisotopic (exact) mass is 296 g/mol. The molecule has 3 aromatic rings. The third-order valence-electron chi connectivity index (χ3n) is 3.06. The fourth-order valence-corrected chi connectivity index (χ4v) is 2.70. The van der Waals surface area contributed by atoms with E-state index in [0.29, 0.717) is 17.0 Å². The van der Waals surface area contributed by atoms with E-state index in [0.717, 1.165) is 5.56 Å². The van der Waals surface area contributed by atoms with Gasteiger partial charge in [0.25, 0.3) is 0 Å². The van der Waals surface area contributed by atoms with E-state index in [-0.39, 0.29) is 11.5 Å². The molecular formula is C16H12N2O2S. The highest BCUT2D eigenvalue weighted by atomic mass is 32.1. The normalized spacial score (nSPS) is 10.5. The van der Waals surface area contributed by atoms with Crippen LogP contribution < -0.4 is 5.69 Å². The molecule has 0 saturated carbocycles. The van der Waals surface area contributed by atoms with E-state index in [1.807, 2.05) is 41.8 Å². The molecule has 0 spiro atoms. The Hall–Kier alpha value is -2.53. The summed E-state index contributed by atoms with van der Waals surface area (Å²) < 4.78 is 1.45. The van der Waals surface area contributed by atoms with Gasteiger partial charge in [-0.05, 0) is 17.0 Å². The van der Waals surface area contributed by atoms with Gasteiger partial charge in [0.05, 0.1) is 17.0 Å². The van der Waals surface area contributed by atoms with Crippen molar-refractivity contribution in [2.45, 2.75) is 6.54 Å². The minimum Gasteiger partial charge on any atom is -0.294 e. The summed E-state index contributed by atoms with van der Waals surface area (Å²) in [4.78, 5) is 28.5. The SMILES string of the molecule is O=C(c1cnc(=O)n(Cc2ccccc2)c1)c1cccs1. The highest BCUT2D eigenvalue weighted by Crippen LogP contribution is 2.14. The zero-order chi connectivity index (χ0) is 14.7. The van der Waals surface area contributed by atoms with Crippen LogP contribution in [0.4, 0.5) is 0 Å². The maximum Gasteiger partial charge on any atom is 0.347 e. The van der Waals surface area contributed by atoms with Crippen LogP contribution >= 0.6 is 11.3 Å². The van der Waals surface area contributed by atoms with Gasteiger partial charge in [-0.25, -0.2) is 9.78 Å². The average Bonchev–Trinajstić information content (AvgIpc) is 3.04. The Morgan fingerprint density at radius 1 is 1.14 bits per heavy atom. The summed E-state index contributed by atoms with van der Waals surface area (Å²) in [5.41, 5.74) is 1.05. The number of rotatable bonds is 4. The molecule has 0 unspecified atom stereocenters. The predicted molar refractivity (Wildman–Crippen MR) is 81.8 cm³/mol. The number of nitrogens with zero attached hydrogens (tertiary/aromatic N) is 2. The van der Waals surface area contributed by atoms with Crippen molar-refractivity contribution in [1.82, 2.24) is 9.55 Å². The molecule has 0 radical (unpaired) electrons. The second-order valence-electron chi connectivity index (χ2n) is 4.55. The molecule has 2 heterocycles. The standard InChI is InChI=1S/C16H12N2O2S/c19-15(14-7-4-8-21-14)13-9-17-16(20)18(11-13)10-12-5-2-1-3-6-12/h1-9,11H,10H2. The van der Waals surface area contributed by atoms with Crippen LogP contribution in [0.2, 0.25) is 0 Å². The van der Waals surface area contributed by atoms with E-state index in [4.69, 9.17) is 0 Å². The lowest BCUT2D eigenvalue weighted by Crippen LogP contribution is -2.24. The van der Waals surface area contributed by atoms with Crippen LogP contribution in [0.5, 0.6) is 0 Å². The summed E-state index contributed by atoms with van der Waals surface area (Å²) in [6.45, 7) is 0.401. The van der Waals surface area contributed by atoms with E-state index in [2.05, 4.69) is 4.98 Å². The molecule has 0 amide bonds. The van der Waals surface area contributed by atoms with E-state index in [1.54, 1.807) is 12.3 Å². The van der Waals surface area contributed by atoms with Crippen LogP contribution in [0.1, 0.15) is 20.8 Å². The van der Waals surface area contributed by atoms with Crippen molar-refractivity contribution in [1.29, 1.82) is 0 Å². The van der Waals surface area contributed by atoms with Gasteiger partial charge in [-0.2, -0.15) is 0 Å². The highest BCUT2D eigenvalue weighted by molar-refractivity contribution is 7.12. The van der Waals surface area contributed by atoms with Crippen molar-refractivity contribution in [3.05, 3.63) is 86.7 Å². The van der Waals surface area contributed by atoms with E-state index < -0.39 is 0 Å². The number of benzene rings is 1. The summed E-state index contributed by atoms with van der Waals surface area (Å²) in [6, 6.07) is 13.2. The minimum absolute atomic E-state index is 0.112. The Balaban J connectivity index is 1.93. The largest absolute Gasteiger partial charge is 0.347 e. The Morgan fingerprint density at radius 2 is 1.95 bits per heavy atom. The van der Waals surface area contributed by atoms with Gasteiger partial charge in [-0.3, -0.25) is 9.36 Å². The molecule has 0 fully saturated rings. The number of ketones is 1. The van der Waals surface area contributed by atoms with Crippen LogP contribution in [0.15, 0.2) is 65.0 Å². The molecular weight excluding hydrogens is 284 g/mol. The van der Waals surface area contributed by atoms with Crippen molar-refractivity contribution >= 4 is 17.1 Å². The minimum atomic E-state index is -0.360. The van der Waals surface area contributed by atoms with E-state index >= 15 is 0 Å². The van der Waals surface area contributed by atoms with E-state index in [9.17, 15) is 9.59 Å². The van der Waals surface area contributed by atoms with E-state index in [1.165, 1.54) is 22.1 Å². The van der Waals surface area contributed by atoms with Crippen molar-refractivity contribution in [3.8, 4) is 0 Å². The van der Waals surface area contributed by atoms with Gasteiger partial charge in [0, 0.05) is 12.4 Å². The maximum atomic E-state index is 12.3. The summed E-state index contributed by atoms with van der Waals surface area (Å²) in [6.07, 6.45) is 2.91. The second kappa shape index (κ2) is 5.85. The van der Waals surface area contributed by atoms with Crippen molar-refractivity contribution < 1.29 is 4.79 Å². The first-order chi connectivity index (χ1) is 10.2. The first-order valence-corrected chi connectivity index (χ1v) is 7.30. The third-order valence-corrected chi connectivity index (χ3v) is 3.93. The summed E-state index contributed by atoms with van der Waals surface area (Å²) in [7, 11) is 0. The number of hydrogen-bond donors (Lipinski definition) is 0. The Bertz CT molecular complexity index is 808. The fourth-order valence-electron chi connectivity index (χ4n) is 2.02. The van der Waals surface area contributed by atoms with Crippen LogP contribution in [0, 0.1) is 0 Å². The summed E-state index contributed by atoms with van der Waals surface area (Å²) in [5, 5.41) is 1.85. The molecule has 2 aromatic heterocycles. The Morgan fingerprint density at radius 3 is 2.67 bits per heavy atom. The van der Waals surface area contributed by atoms with Gasteiger partial charge in [0.1, 0.15) is 0 Å².